The van der Waals surface area contributed by atoms with Crippen LogP contribution in [0.1, 0.15) is 6.92 Å². The summed E-state index contributed by atoms with van der Waals surface area (Å²) in [5.74, 6) is -0.475. The molecular weight excluding hydrogens is 265 g/mol. The molecule has 8 nitrogen and oxygen atoms in total. The molecule has 1 rings (SSSR count). The van der Waals surface area contributed by atoms with Crippen molar-refractivity contribution in [1.29, 1.82) is 0 Å². The van der Waals surface area contributed by atoms with Crippen LogP contribution in [0, 0.1) is 5.92 Å². The molecule has 0 saturated carbocycles. The Kier molecular flexibility index (Phi) is 4.90. The first-order valence-electron chi connectivity index (χ1n) is 5.35. The molecule has 9 heteroatoms. The predicted molar refractivity (Wildman–Crippen MR) is 61.2 cm³/mol. The van der Waals surface area contributed by atoms with E-state index in [1.54, 1.807) is 6.92 Å². The topological polar surface area (TPSA) is 153 Å². The molecule has 0 aliphatic carbocycles. The van der Waals surface area contributed by atoms with Gasteiger partial charge in [0.05, 0.1) is 6.61 Å². The highest BCUT2D eigenvalue weighted by Gasteiger charge is 2.41. The van der Waals surface area contributed by atoms with Crippen molar-refractivity contribution in [3.8, 4) is 0 Å². The zero-order chi connectivity index (χ0) is 14.1. The van der Waals surface area contributed by atoms with Crippen molar-refractivity contribution in [1.82, 2.24) is 0 Å². The van der Waals surface area contributed by atoms with Gasteiger partial charge in [-0.1, -0.05) is 6.92 Å². The second kappa shape index (κ2) is 5.66. The summed E-state index contributed by atoms with van der Waals surface area (Å²) in [4.78, 5) is 18.0. The van der Waals surface area contributed by atoms with Crippen LogP contribution in [-0.2, 0) is 9.30 Å². The summed E-state index contributed by atoms with van der Waals surface area (Å²) >= 11 is 0. The van der Waals surface area contributed by atoms with Gasteiger partial charge in [0, 0.05) is 12.0 Å². The van der Waals surface area contributed by atoms with Crippen LogP contribution >= 0.6 is 7.60 Å². The first kappa shape index (κ1) is 15.6. The molecule has 7 N–H and O–H groups in total. The van der Waals surface area contributed by atoms with Crippen molar-refractivity contribution < 1.29 is 34.4 Å². The Balaban J connectivity index is 2.96. The van der Waals surface area contributed by atoms with Gasteiger partial charge in [-0.25, -0.2) is 0 Å². The van der Waals surface area contributed by atoms with Crippen LogP contribution in [0.2, 0.25) is 0 Å². The van der Waals surface area contributed by atoms with E-state index in [1.807, 2.05) is 0 Å². The van der Waals surface area contributed by atoms with Crippen molar-refractivity contribution in [2.24, 2.45) is 11.7 Å². The van der Waals surface area contributed by atoms with Gasteiger partial charge >= 0.3 is 7.60 Å². The second-order valence-corrected chi connectivity index (χ2v) is 5.84. The normalized spacial score (nSPS) is 32.4. The van der Waals surface area contributed by atoms with Crippen LogP contribution in [0.3, 0.4) is 0 Å². The maximum Gasteiger partial charge on any atom is 0.390 e. The van der Waals surface area contributed by atoms with E-state index in [0.29, 0.717) is 0 Å². The average Bonchev–Trinajstić information content (AvgIpc) is 2.29. The number of nitrogens with two attached hydrogens (primary N) is 1. The summed E-state index contributed by atoms with van der Waals surface area (Å²) in [5.41, 5.74) is 5.06. The number of ether oxygens (including phenoxy) is 1. The van der Waals surface area contributed by atoms with Crippen LogP contribution in [0.25, 0.3) is 0 Å². The lowest BCUT2D eigenvalue weighted by molar-refractivity contribution is -0.106. The summed E-state index contributed by atoms with van der Waals surface area (Å²) in [7, 11) is -4.62. The maximum atomic E-state index is 11.1. The molecule has 0 spiro atoms. The average molecular weight is 283 g/mol. The minimum atomic E-state index is -4.62. The molecule has 18 heavy (non-hydrogen) atoms. The number of aliphatic hydroxyl groups is 3. The minimum absolute atomic E-state index is 0.475. The molecule has 0 amide bonds. The molecule has 1 aliphatic rings. The number of hydrogen-bond acceptors (Lipinski definition) is 6. The third kappa shape index (κ3) is 3.30. The quantitative estimate of drug-likeness (QED) is 0.326. The van der Waals surface area contributed by atoms with Crippen molar-refractivity contribution in [2.45, 2.75) is 31.3 Å². The van der Waals surface area contributed by atoms with E-state index in [-0.39, 0.29) is 0 Å². The van der Waals surface area contributed by atoms with E-state index >= 15 is 0 Å². The highest BCUT2D eigenvalue weighted by atomic mass is 31.2. The smallest absolute Gasteiger partial charge is 0.390 e. The van der Waals surface area contributed by atoms with Gasteiger partial charge in [0.25, 0.3) is 0 Å². The fourth-order valence-electron chi connectivity index (χ4n) is 1.69. The standard InChI is InChI=1S/C9H18NO7P/c1-4-5(10)2-7(18(14,15)16)17-9(4)8(13)6(12)3-11/h2,4-6,8-9,11-13H,3,10H2,1H3,(H2,14,15,16)/t4-,5+,6-,8-,9-/m1/s1. The molecule has 0 bridgehead atoms. The largest absolute Gasteiger partial charge is 0.479 e. The maximum absolute atomic E-state index is 11.1. The van der Waals surface area contributed by atoms with Gasteiger partial charge in [-0.15, -0.1) is 0 Å². The summed E-state index contributed by atoms with van der Waals surface area (Å²) in [6.45, 7) is 0.910. The first-order chi connectivity index (χ1) is 8.18. The van der Waals surface area contributed by atoms with Crippen molar-refractivity contribution in [3.63, 3.8) is 0 Å². The molecule has 1 aliphatic heterocycles. The molecule has 0 radical (unpaired) electrons. The molecular formula is C9H18NO7P. The van der Waals surface area contributed by atoms with Gasteiger partial charge in [-0.3, -0.25) is 4.57 Å². The third-order valence-electron chi connectivity index (χ3n) is 2.92. The van der Waals surface area contributed by atoms with Crippen LogP contribution in [0.15, 0.2) is 11.6 Å². The highest BCUT2D eigenvalue weighted by molar-refractivity contribution is 7.56. The van der Waals surface area contributed by atoms with Crippen molar-refractivity contribution in [2.75, 3.05) is 6.61 Å². The zero-order valence-corrected chi connectivity index (χ0v) is 10.6. The fourth-order valence-corrected chi connectivity index (χ4v) is 2.32. The Bertz CT molecular complexity index is 368. The van der Waals surface area contributed by atoms with E-state index in [9.17, 15) is 14.8 Å². The molecule has 0 unspecified atom stereocenters. The SMILES string of the molecule is C[C@H]1[C@H]([C@H](O)[C@H](O)CO)OC(P(=O)(O)O)=C[C@@H]1N. The Morgan fingerprint density at radius 1 is 1.50 bits per heavy atom. The van der Waals surface area contributed by atoms with Gasteiger partial charge in [-0.05, 0) is 6.08 Å². The zero-order valence-electron chi connectivity index (χ0n) is 9.75. The number of hydrogen-bond donors (Lipinski definition) is 6. The molecule has 0 fully saturated rings. The molecule has 5 atom stereocenters. The summed E-state index contributed by atoms with van der Waals surface area (Å²) in [6.07, 6.45) is -2.97. The van der Waals surface area contributed by atoms with Gasteiger partial charge in [0.1, 0.15) is 18.3 Å². The molecule has 106 valence electrons. The van der Waals surface area contributed by atoms with Crippen LogP contribution in [0.4, 0.5) is 0 Å². The molecule has 0 saturated heterocycles. The van der Waals surface area contributed by atoms with E-state index in [2.05, 4.69) is 0 Å². The Morgan fingerprint density at radius 3 is 2.50 bits per heavy atom. The van der Waals surface area contributed by atoms with Gasteiger partial charge in [0.2, 0.25) is 5.50 Å². The highest BCUT2D eigenvalue weighted by Crippen LogP contribution is 2.48. The lowest BCUT2D eigenvalue weighted by atomic mass is 9.89. The summed E-state index contributed by atoms with van der Waals surface area (Å²) in [5, 5.41) is 27.8. The molecule has 0 aromatic heterocycles. The molecule has 0 aromatic carbocycles. The van der Waals surface area contributed by atoms with Gasteiger partial charge < -0.3 is 35.6 Å². The second-order valence-electron chi connectivity index (χ2n) is 4.31. The summed E-state index contributed by atoms with van der Waals surface area (Å²) in [6, 6.07) is -0.730. The van der Waals surface area contributed by atoms with Crippen LogP contribution < -0.4 is 5.73 Å². The number of aliphatic hydroxyl groups excluding tert-OH is 3. The summed E-state index contributed by atoms with van der Waals surface area (Å²) < 4.78 is 16.1. The lowest BCUT2D eigenvalue weighted by Gasteiger charge is -2.37. The Morgan fingerprint density at radius 2 is 2.06 bits per heavy atom. The number of rotatable bonds is 4. The monoisotopic (exact) mass is 283 g/mol. The van der Waals surface area contributed by atoms with Crippen molar-refractivity contribution >= 4 is 7.60 Å². The van der Waals surface area contributed by atoms with Gasteiger partial charge in [-0.2, -0.15) is 0 Å². The molecule has 1 heterocycles. The first-order valence-corrected chi connectivity index (χ1v) is 6.97. The van der Waals surface area contributed by atoms with Crippen LogP contribution in [-0.4, -0.2) is 56.1 Å². The van der Waals surface area contributed by atoms with E-state index < -0.39 is 50.0 Å². The predicted octanol–water partition coefficient (Wildman–Crippen LogP) is -1.92. The molecule has 0 aromatic rings. The minimum Gasteiger partial charge on any atom is -0.479 e. The third-order valence-corrected chi connectivity index (χ3v) is 3.75. The van der Waals surface area contributed by atoms with Gasteiger partial charge in [0.15, 0.2) is 0 Å². The van der Waals surface area contributed by atoms with E-state index in [1.165, 1.54) is 0 Å². The van der Waals surface area contributed by atoms with Crippen molar-refractivity contribution in [3.05, 3.63) is 11.6 Å². The van der Waals surface area contributed by atoms with Crippen LogP contribution in [0.5, 0.6) is 0 Å². The Hall–Kier alpha value is -0.470. The van der Waals surface area contributed by atoms with E-state index in [4.69, 9.17) is 25.4 Å². The van der Waals surface area contributed by atoms with E-state index in [0.717, 1.165) is 6.08 Å². The lowest BCUT2D eigenvalue weighted by Crippen LogP contribution is -2.50. The Labute approximate surface area is 104 Å². The fraction of sp³-hybridized carbons (Fsp3) is 0.778.